The normalized spacial score (nSPS) is 20.2. The van der Waals surface area contributed by atoms with Crippen LogP contribution in [0.4, 0.5) is 0 Å². The highest BCUT2D eigenvalue weighted by Gasteiger charge is 2.17. The Kier molecular flexibility index (Phi) is 5.60. The van der Waals surface area contributed by atoms with Crippen LogP contribution in [0.25, 0.3) is 0 Å². The molecule has 0 aromatic carbocycles. The molecule has 2 rings (SSSR count). The Bertz CT molecular complexity index is 512. The summed E-state index contributed by atoms with van der Waals surface area (Å²) in [4.78, 5) is 2.34. The first-order valence-electron chi connectivity index (χ1n) is 7.23. The number of hydrogen-bond acceptors (Lipinski definition) is 4. The van der Waals surface area contributed by atoms with Crippen molar-refractivity contribution < 1.29 is 8.42 Å². The van der Waals surface area contributed by atoms with E-state index < -0.39 is 10.0 Å². The molecule has 1 aromatic heterocycles. The highest BCUT2D eigenvalue weighted by molar-refractivity contribution is 7.89. The van der Waals surface area contributed by atoms with Gasteiger partial charge in [-0.3, -0.25) is 0 Å². The van der Waals surface area contributed by atoms with Crippen LogP contribution in [0.1, 0.15) is 41.0 Å². The van der Waals surface area contributed by atoms with Gasteiger partial charge in [0, 0.05) is 22.3 Å². The molecule has 0 aliphatic carbocycles. The van der Waals surface area contributed by atoms with E-state index in [4.69, 9.17) is 0 Å². The van der Waals surface area contributed by atoms with E-state index >= 15 is 0 Å². The molecular weight excluding hydrogens is 292 g/mol. The first kappa shape index (κ1) is 15.9. The quantitative estimate of drug-likeness (QED) is 0.847. The molecule has 0 bridgehead atoms. The van der Waals surface area contributed by atoms with E-state index in [1.807, 2.05) is 0 Å². The summed E-state index contributed by atoms with van der Waals surface area (Å²) in [5.41, 5.74) is 1.23. The van der Waals surface area contributed by atoms with E-state index in [1.54, 1.807) is 11.3 Å². The predicted molar refractivity (Wildman–Crippen MR) is 84.7 cm³/mol. The monoisotopic (exact) mass is 316 g/mol. The van der Waals surface area contributed by atoms with Gasteiger partial charge in [0.1, 0.15) is 0 Å². The molecule has 0 spiro atoms. The van der Waals surface area contributed by atoms with Gasteiger partial charge in [-0.2, -0.15) is 0 Å². The molecule has 1 unspecified atom stereocenters. The molecular formula is C14H24N2O2S2. The zero-order chi connectivity index (χ0) is 14.6. The topological polar surface area (TPSA) is 58.2 Å². The summed E-state index contributed by atoms with van der Waals surface area (Å²) in [5, 5.41) is 3.39. The lowest BCUT2D eigenvalue weighted by Crippen LogP contribution is -2.37. The first-order chi connectivity index (χ1) is 9.46. The average Bonchev–Trinajstić information content (AvgIpc) is 2.75. The maximum atomic E-state index is 12.0. The number of thiophene rings is 1. The van der Waals surface area contributed by atoms with E-state index in [0.29, 0.717) is 19.0 Å². The Morgan fingerprint density at radius 1 is 1.40 bits per heavy atom. The largest absolute Gasteiger partial charge is 0.314 e. The van der Waals surface area contributed by atoms with Gasteiger partial charge in [0.2, 0.25) is 10.0 Å². The maximum absolute atomic E-state index is 12.0. The zero-order valence-corrected chi connectivity index (χ0v) is 13.9. The van der Waals surface area contributed by atoms with E-state index in [0.717, 1.165) is 17.8 Å². The molecule has 1 atom stereocenters. The van der Waals surface area contributed by atoms with Gasteiger partial charge >= 0.3 is 0 Å². The molecule has 1 aliphatic heterocycles. The number of rotatable bonds is 6. The molecule has 1 aliphatic rings. The van der Waals surface area contributed by atoms with Gasteiger partial charge in [0.25, 0.3) is 0 Å². The molecule has 4 nitrogen and oxygen atoms in total. The van der Waals surface area contributed by atoms with Gasteiger partial charge in [0.15, 0.2) is 0 Å². The molecule has 0 amide bonds. The summed E-state index contributed by atoms with van der Waals surface area (Å²) in [7, 11) is -3.17. The van der Waals surface area contributed by atoms with E-state index in [1.165, 1.54) is 23.3 Å². The number of hydrogen-bond donors (Lipinski definition) is 2. The lowest BCUT2D eigenvalue weighted by molar-refractivity contribution is 0.392. The van der Waals surface area contributed by atoms with E-state index in [-0.39, 0.29) is 5.75 Å². The lowest BCUT2D eigenvalue weighted by atomic mass is 10.0. The summed E-state index contributed by atoms with van der Waals surface area (Å²) < 4.78 is 26.7. The second-order valence-corrected chi connectivity index (χ2v) is 8.79. The Balaban J connectivity index is 1.78. The van der Waals surface area contributed by atoms with Crippen molar-refractivity contribution in [3.63, 3.8) is 0 Å². The molecule has 6 heteroatoms. The zero-order valence-electron chi connectivity index (χ0n) is 12.2. The fourth-order valence-corrected chi connectivity index (χ4v) is 4.66. The van der Waals surface area contributed by atoms with Crippen molar-refractivity contribution in [1.29, 1.82) is 0 Å². The molecule has 0 saturated carbocycles. The number of aryl methyl sites for hydroxylation is 2. The fourth-order valence-electron chi connectivity index (χ4n) is 2.46. The highest BCUT2D eigenvalue weighted by Crippen LogP contribution is 2.20. The highest BCUT2D eigenvalue weighted by atomic mass is 32.2. The Morgan fingerprint density at radius 2 is 2.20 bits per heavy atom. The third kappa shape index (κ3) is 4.84. The van der Waals surface area contributed by atoms with E-state index in [9.17, 15) is 8.42 Å². The SMILES string of the molecule is Cc1cc(CNS(=O)(=O)CCC2CCCCN2)sc1C. The maximum Gasteiger partial charge on any atom is 0.211 e. The van der Waals surface area contributed by atoms with Crippen LogP contribution >= 0.6 is 11.3 Å². The van der Waals surface area contributed by atoms with Crippen LogP contribution in [0.5, 0.6) is 0 Å². The van der Waals surface area contributed by atoms with Crippen LogP contribution in [0.15, 0.2) is 6.07 Å². The summed E-state index contributed by atoms with van der Waals surface area (Å²) >= 11 is 1.66. The van der Waals surface area contributed by atoms with Crippen molar-refractivity contribution in [2.75, 3.05) is 12.3 Å². The van der Waals surface area contributed by atoms with Gasteiger partial charge < -0.3 is 5.32 Å². The number of nitrogens with one attached hydrogen (secondary N) is 2. The van der Waals surface area contributed by atoms with Crippen molar-refractivity contribution in [1.82, 2.24) is 10.0 Å². The number of sulfonamides is 1. The molecule has 20 heavy (non-hydrogen) atoms. The van der Waals surface area contributed by atoms with Crippen LogP contribution in [0, 0.1) is 13.8 Å². The van der Waals surface area contributed by atoms with Gasteiger partial charge in [-0.1, -0.05) is 6.42 Å². The molecule has 2 N–H and O–H groups in total. The number of piperidine rings is 1. The molecule has 2 heterocycles. The fraction of sp³-hybridized carbons (Fsp3) is 0.714. The smallest absolute Gasteiger partial charge is 0.211 e. The van der Waals surface area contributed by atoms with Crippen LogP contribution in [-0.2, 0) is 16.6 Å². The van der Waals surface area contributed by atoms with Crippen molar-refractivity contribution in [2.45, 2.75) is 52.1 Å². The van der Waals surface area contributed by atoms with Crippen molar-refractivity contribution >= 4 is 21.4 Å². The van der Waals surface area contributed by atoms with Gasteiger partial charge in [0.05, 0.1) is 5.75 Å². The van der Waals surface area contributed by atoms with Crippen molar-refractivity contribution in [3.8, 4) is 0 Å². The lowest BCUT2D eigenvalue weighted by Gasteiger charge is -2.23. The Labute approximate surface area is 126 Å². The Hall–Kier alpha value is -0.430. The van der Waals surface area contributed by atoms with Gasteiger partial charge in [-0.25, -0.2) is 13.1 Å². The standard InChI is InChI=1S/C14H24N2O2S2/c1-11-9-14(19-12(11)2)10-16-20(17,18)8-6-13-5-3-4-7-15-13/h9,13,15-16H,3-8,10H2,1-2H3. The minimum atomic E-state index is -3.17. The summed E-state index contributed by atoms with van der Waals surface area (Å²) in [6.45, 7) is 5.55. The molecule has 1 aromatic rings. The van der Waals surface area contributed by atoms with Gasteiger partial charge in [-0.05, 0) is 51.3 Å². The molecule has 1 fully saturated rings. The van der Waals surface area contributed by atoms with Crippen LogP contribution < -0.4 is 10.0 Å². The summed E-state index contributed by atoms with van der Waals surface area (Å²) in [6, 6.07) is 2.43. The van der Waals surface area contributed by atoms with Crippen molar-refractivity contribution in [3.05, 3.63) is 21.4 Å². The summed E-state index contributed by atoms with van der Waals surface area (Å²) in [6.07, 6.45) is 4.22. The van der Waals surface area contributed by atoms with Crippen molar-refractivity contribution in [2.24, 2.45) is 0 Å². The predicted octanol–water partition coefficient (Wildman–Crippen LogP) is 2.32. The van der Waals surface area contributed by atoms with E-state index in [2.05, 4.69) is 30.0 Å². The minimum absolute atomic E-state index is 0.216. The first-order valence-corrected chi connectivity index (χ1v) is 9.70. The molecule has 1 saturated heterocycles. The second kappa shape index (κ2) is 7.02. The van der Waals surface area contributed by atoms with Crippen LogP contribution in [0.2, 0.25) is 0 Å². The summed E-state index contributed by atoms with van der Waals surface area (Å²) in [5.74, 6) is 0.216. The van der Waals surface area contributed by atoms with Gasteiger partial charge in [-0.15, -0.1) is 11.3 Å². The minimum Gasteiger partial charge on any atom is -0.314 e. The second-order valence-electron chi connectivity index (χ2n) is 5.53. The molecule has 0 radical (unpaired) electrons. The van der Waals surface area contributed by atoms with Crippen LogP contribution in [0.3, 0.4) is 0 Å². The Morgan fingerprint density at radius 3 is 2.80 bits per heavy atom. The van der Waals surface area contributed by atoms with Crippen LogP contribution in [-0.4, -0.2) is 26.8 Å². The third-order valence-corrected chi connectivity index (χ3v) is 6.34. The third-order valence-electron chi connectivity index (χ3n) is 3.83. The average molecular weight is 316 g/mol. The molecule has 114 valence electrons.